The largest absolute Gasteiger partial charge is 0.497 e. The van der Waals surface area contributed by atoms with Gasteiger partial charge in [0.1, 0.15) is 28.3 Å². The van der Waals surface area contributed by atoms with Crippen LogP contribution in [0.4, 0.5) is 5.69 Å². The molecule has 1 amide bonds. The van der Waals surface area contributed by atoms with Gasteiger partial charge in [0.15, 0.2) is 10.8 Å². The molecule has 2 heterocycles. The van der Waals surface area contributed by atoms with Gasteiger partial charge >= 0.3 is 0 Å². The Morgan fingerprint density at radius 1 is 1.09 bits per heavy atom. The smallest absolute Gasteiger partial charge is 0.262 e. The molecular weight excluding hydrogens is 446 g/mol. The topological polar surface area (TPSA) is 120 Å². The van der Waals surface area contributed by atoms with E-state index >= 15 is 0 Å². The fraction of sp³-hybridized carbons (Fsp3) is 0.182. The van der Waals surface area contributed by atoms with Gasteiger partial charge in [0.25, 0.3) is 5.56 Å². The number of amides is 1. The molecule has 0 fully saturated rings. The molecule has 2 aromatic heterocycles. The fourth-order valence-corrected chi connectivity index (χ4v) is 3.84. The maximum atomic E-state index is 12.6. The standard InChI is InChI=1S/C22H21N5O5S/c1-30-13-8-9-17(31-2)15(10-13)24-19(28)12-33-22-25-20-14(21(29)26-22)11-23-27(20)16-6-4-5-7-18(16)32-3/h4-11H,12H2,1-3H3,(H,24,28)(H,25,26,29). The molecule has 10 nitrogen and oxygen atoms in total. The molecule has 0 bridgehead atoms. The van der Waals surface area contributed by atoms with Gasteiger partial charge in [-0.25, -0.2) is 9.67 Å². The predicted octanol–water partition coefficient (Wildman–Crippen LogP) is 2.87. The summed E-state index contributed by atoms with van der Waals surface area (Å²) in [6, 6.07) is 12.4. The van der Waals surface area contributed by atoms with Crippen LogP contribution in [0.25, 0.3) is 16.7 Å². The van der Waals surface area contributed by atoms with Gasteiger partial charge in [0, 0.05) is 6.07 Å². The number of ether oxygens (including phenoxy) is 3. The normalized spacial score (nSPS) is 10.8. The summed E-state index contributed by atoms with van der Waals surface area (Å²) in [6.07, 6.45) is 1.45. The summed E-state index contributed by atoms with van der Waals surface area (Å²) in [5.41, 5.74) is 1.14. The van der Waals surface area contributed by atoms with Crippen LogP contribution in [-0.4, -0.2) is 52.7 Å². The molecule has 0 saturated carbocycles. The van der Waals surface area contributed by atoms with Crippen molar-refractivity contribution in [1.29, 1.82) is 0 Å². The number of hydrogen-bond donors (Lipinski definition) is 2. The lowest BCUT2D eigenvalue weighted by Gasteiger charge is -2.11. The maximum absolute atomic E-state index is 12.6. The second-order valence-electron chi connectivity index (χ2n) is 6.74. The van der Waals surface area contributed by atoms with E-state index in [9.17, 15) is 9.59 Å². The lowest BCUT2D eigenvalue weighted by molar-refractivity contribution is -0.113. The van der Waals surface area contributed by atoms with E-state index in [-0.39, 0.29) is 22.4 Å². The van der Waals surface area contributed by atoms with Crippen LogP contribution in [0.5, 0.6) is 17.2 Å². The summed E-state index contributed by atoms with van der Waals surface area (Å²) >= 11 is 1.09. The van der Waals surface area contributed by atoms with Crippen molar-refractivity contribution in [3.63, 3.8) is 0 Å². The second-order valence-corrected chi connectivity index (χ2v) is 7.70. The third-order valence-corrected chi connectivity index (χ3v) is 5.62. The first-order valence-corrected chi connectivity index (χ1v) is 10.8. The van der Waals surface area contributed by atoms with E-state index in [4.69, 9.17) is 14.2 Å². The van der Waals surface area contributed by atoms with Crippen molar-refractivity contribution in [2.75, 3.05) is 32.4 Å². The first-order valence-electron chi connectivity index (χ1n) is 9.80. The molecular formula is C22H21N5O5S. The van der Waals surface area contributed by atoms with Crippen LogP contribution >= 0.6 is 11.8 Å². The number of nitrogens with one attached hydrogen (secondary N) is 2. The van der Waals surface area contributed by atoms with Gasteiger partial charge in [0.2, 0.25) is 5.91 Å². The van der Waals surface area contributed by atoms with E-state index in [1.54, 1.807) is 31.4 Å². The van der Waals surface area contributed by atoms with Crippen molar-refractivity contribution in [3.05, 3.63) is 59.0 Å². The third kappa shape index (κ3) is 4.62. The number of benzene rings is 2. The summed E-state index contributed by atoms with van der Waals surface area (Å²) in [4.78, 5) is 32.3. The zero-order valence-electron chi connectivity index (χ0n) is 18.1. The Kier molecular flexibility index (Phi) is 6.50. The van der Waals surface area contributed by atoms with Crippen molar-refractivity contribution in [2.24, 2.45) is 0 Å². The van der Waals surface area contributed by atoms with Crippen molar-refractivity contribution in [2.45, 2.75) is 5.16 Å². The van der Waals surface area contributed by atoms with Crippen LogP contribution < -0.4 is 25.1 Å². The minimum atomic E-state index is -0.349. The van der Waals surface area contributed by atoms with E-state index in [1.165, 1.54) is 25.1 Å². The number of nitrogens with zero attached hydrogens (tertiary/aromatic N) is 3. The Hall–Kier alpha value is -3.99. The Morgan fingerprint density at radius 3 is 2.64 bits per heavy atom. The van der Waals surface area contributed by atoms with Crippen LogP contribution in [0.2, 0.25) is 0 Å². The number of H-pyrrole nitrogens is 1. The second kappa shape index (κ2) is 9.65. The highest BCUT2D eigenvalue weighted by Crippen LogP contribution is 2.29. The number of anilines is 1. The zero-order chi connectivity index (χ0) is 23.4. The van der Waals surface area contributed by atoms with Gasteiger partial charge in [-0.3, -0.25) is 9.59 Å². The van der Waals surface area contributed by atoms with Gasteiger partial charge in [-0.2, -0.15) is 5.10 Å². The van der Waals surface area contributed by atoms with E-state index in [2.05, 4.69) is 20.4 Å². The molecule has 33 heavy (non-hydrogen) atoms. The molecule has 2 N–H and O–H groups in total. The van der Waals surface area contributed by atoms with Crippen LogP contribution in [-0.2, 0) is 4.79 Å². The van der Waals surface area contributed by atoms with Crippen molar-refractivity contribution >= 4 is 34.4 Å². The number of carbonyl (C=O) groups excluding carboxylic acids is 1. The average molecular weight is 468 g/mol. The molecule has 0 aliphatic heterocycles. The monoisotopic (exact) mass is 467 g/mol. The Morgan fingerprint density at radius 2 is 1.88 bits per heavy atom. The van der Waals surface area contributed by atoms with Gasteiger partial charge < -0.3 is 24.5 Å². The zero-order valence-corrected chi connectivity index (χ0v) is 18.9. The average Bonchev–Trinajstić information content (AvgIpc) is 3.27. The highest BCUT2D eigenvalue weighted by atomic mass is 32.2. The van der Waals surface area contributed by atoms with Crippen LogP contribution in [0.15, 0.2) is 58.6 Å². The molecule has 11 heteroatoms. The Labute approximate surface area is 192 Å². The molecule has 170 valence electrons. The highest BCUT2D eigenvalue weighted by Gasteiger charge is 2.16. The number of aromatic amines is 1. The molecule has 0 saturated heterocycles. The Bertz CT molecular complexity index is 1370. The summed E-state index contributed by atoms with van der Waals surface area (Å²) < 4.78 is 17.4. The first kappa shape index (κ1) is 22.2. The molecule has 0 atom stereocenters. The number of para-hydroxylation sites is 2. The summed E-state index contributed by atoms with van der Waals surface area (Å²) in [6.45, 7) is 0. The number of carbonyl (C=O) groups is 1. The predicted molar refractivity (Wildman–Crippen MR) is 125 cm³/mol. The number of methoxy groups -OCH3 is 3. The first-order chi connectivity index (χ1) is 16.0. The number of thioether (sulfide) groups is 1. The van der Waals surface area contributed by atoms with Gasteiger partial charge in [-0.15, -0.1) is 0 Å². The summed E-state index contributed by atoms with van der Waals surface area (Å²) in [7, 11) is 4.61. The molecule has 4 rings (SSSR count). The van der Waals surface area contributed by atoms with Crippen LogP contribution in [0.1, 0.15) is 0 Å². The minimum absolute atomic E-state index is 0.0115. The molecule has 0 unspecified atom stereocenters. The van der Waals surface area contributed by atoms with Crippen molar-refractivity contribution in [1.82, 2.24) is 19.7 Å². The lowest BCUT2D eigenvalue weighted by Crippen LogP contribution is -2.16. The number of hydrogen-bond acceptors (Lipinski definition) is 8. The van der Waals surface area contributed by atoms with E-state index < -0.39 is 0 Å². The number of rotatable bonds is 8. The minimum Gasteiger partial charge on any atom is -0.497 e. The van der Waals surface area contributed by atoms with Crippen LogP contribution in [0, 0.1) is 0 Å². The highest BCUT2D eigenvalue weighted by molar-refractivity contribution is 7.99. The molecule has 0 spiro atoms. The number of aromatic nitrogens is 4. The fourth-order valence-electron chi connectivity index (χ4n) is 3.18. The number of fused-ring (bicyclic) bond motifs is 1. The van der Waals surface area contributed by atoms with Crippen molar-refractivity contribution in [3.8, 4) is 22.9 Å². The van der Waals surface area contributed by atoms with E-state index in [1.807, 2.05) is 18.2 Å². The molecule has 2 aromatic carbocycles. The van der Waals surface area contributed by atoms with Gasteiger partial charge in [-0.05, 0) is 24.3 Å². The van der Waals surface area contributed by atoms with Crippen molar-refractivity contribution < 1.29 is 19.0 Å². The van der Waals surface area contributed by atoms with E-state index in [0.717, 1.165) is 11.8 Å². The third-order valence-electron chi connectivity index (χ3n) is 4.75. The molecule has 4 aromatic rings. The van der Waals surface area contributed by atoms with Gasteiger partial charge in [0.05, 0.1) is 39.0 Å². The lowest BCUT2D eigenvalue weighted by atomic mass is 10.2. The Balaban J connectivity index is 1.56. The van der Waals surface area contributed by atoms with E-state index in [0.29, 0.717) is 39.7 Å². The molecule has 0 aliphatic carbocycles. The van der Waals surface area contributed by atoms with Crippen LogP contribution in [0.3, 0.4) is 0 Å². The molecule has 0 aliphatic rings. The van der Waals surface area contributed by atoms with Gasteiger partial charge in [-0.1, -0.05) is 23.9 Å². The molecule has 0 radical (unpaired) electrons. The summed E-state index contributed by atoms with van der Waals surface area (Å²) in [5, 5.41) is 7.71. The quantitative estimate of drug-likeness (QED) is 0.300. The summed E-state index contributed by atoms with van der Waals surface area (Å²) in [5.74, 6) is 1.39. The SMILES string of the molecule is COc1ccc(OC)c(NC(=O)CSc2nc3c(cnn3-c3ccccc3OC)c(=O)[nH]2)c1. The maximum Gasteiger partial charge on any atom is 0.262 e.